The van der Waals surface area contributed by atoms with E-state index >= 15 is 0 Å². The molecule has 0 spiro atoms. The molecule has 8 nitrogen and oxygen atoms in total. The normalized spacial score (nSPS) is 18.2. The summed E-state index contributed by atoms with van der Waals surface area (Å²) in [4.78, 5) is 28.1. The first-order valence-corrected chi connectivity index (χ1v) is 9.77. The minimum atomic E-state index is -0.525. The molecule has 1 aliphatic rings. The number of carbonyl (C=O) groups excluding carboxylic acids is 2. The van der Waals surface area contributed by atoms with E-state index in [2.05, 4.69) is 15.0 Å². The van der Waals surface area contributed by atoms with Crippen LogP contribution in [-0.4, -0.2) is 50.3 Å². The molecule has 2 aromatic rings. The van der Waals surface area contributed by atoms with Gasteiger partial charge < -0.3 is 24.3 Å². The maximum atomic E-state index is 12.5. The van der Waals surface area contributed by atoms with Gasteiger partial charge in [-0.3, -0.25) is 9.78 Å². The molecule has 1 aromatic carbocycles. The van der Waals surface area contributed by atoms with Gasteiger partial charge in [0.15, 0.2) is 11.5 Å². The number of hydrogen-bond acceptors (Lipinski definition) is 7. The third-order valence-corrected chi connectivity index (χ3v) is 5.09. The van der Waals surface area contributed by atoms with Crippen LogP contribution in [0.25, 0.3) is 0 Å². The number of aromatic nitrogens is 1. The number of rotatable bonds is 7. The molecular weight excluding hydrogens is 388 g/mol. The molecule has 1 aliphatic carbocycles. The van der Waals surface area contributed by atoms with Gasteiger partial charge in [0.05, 0.1) is 38.6 Å². The van der Waals surface area contributed by atoms with Crippen LogP contribution in [-0.2, 0) is 4.74 Å². The van der Waals surface area contributed by atoms with Gasteiger partial charge in [-0.1, -0.05) is 6.07 Å². The molecule has 0 aliphatic heterocycles. The summed E-state index contributed by atoms with van der Waals surface area (Å²) in [5, 5.41) is 3.01. The van der Waals surface area contributed by atoms with Crippen molar-refractivity contribution in [2.45, 2.75) is 37.8 Å². The fourth-order valence-corrected chi connectivity index (χ4v) is 3.52. The molecule has 0 saturated heterocycles. The first-order valence-electron chi connectivity index (χ1n) is 9.77. The SMILES string of the molecule is COC(=O)c1cncc(C(=O)NC2CCC(Oc3cccc(OC)c3OC)CC2)c1. The Morgan fingerprint density at radius 1 is 0.967 bits per heavy atom. The van der Waals surface area contributed by atoms with E-state index in [0.717, 1.165) is 25.7 Å². The summed E-state index contributed by atoms with van der Waals surface area (Å²) in [6, 6.07) is 7.06. The van der Waals surface area contributed by atoms with Crippen LogP contribution in [0.1, 0.15) is 46.4 Å². The molecule has 1 amide bonds. The van der Waals surface area contributed by atoms with Gasteiger partial charge >= 0.3 is 5.97 Å². The van der Waals surface area contributed by atoms with Crippen LogP contribution >= 0.6 is 0 Å². The molecule has 3 rings (SSSR count). The third-order valence-electron chi connectivity index (χ3n) is 5.09. The average molecular weight is 414 g/mol. The Morgan fingerprint density at radius 2 is 1.67 bits per heavy atom. The summed E-state index contributed by atoms with van der Waals surface area (Å²) in [6.45, 7) is 0. The van der Waals surface area contributed by atoms with Crippen LogP contribution in [0.3, 0.4) is 0 Å². The summed E-state index contributed by atoms with van der Waals surface area (Å²) in [5.41, 5.74) is 0.576. The lowest BCUT2D eigenvalue weighted by atomic mass is 9.92. The quantitative estimate of drug-likeness (QED) is 0.696. The summed E-state index contributed by atoms with van der Waals surface area (Å²) in [7, 11) is 4.46. The summed E-state index contributed by atoms with van der Waals surface area (Å²) < 4.78 is 21.5. The van der Waals surface area contributed by atoms with Crippen molar-refractivity contribution in [3.8, 4) is 17.2 Å². The lowest BCUT2D eigenvalue weighted by Crippen LogP contribution is -2.39. The zero-order valence-electron chi connectivity index (χ0n) is 17.3. The molecule has 1 fully saturated rings. The number of benzene rings is 1. The molecule has 0 radical (unpaired) electrons. The number of amides is 1. The molecular formula is C22H26N2O6. The van der Waals surface area contributed by atoms with Crippen LogP contribution < -0.4 is 19.5 Å². The number of pyridine rings is 1. The van der Waals surface area contributed by atoms with E-state index < -0.39 is 5.97 Å². The summed E-state index contributed by atoms with van der Waals surface area (Å²) >= 11 is 0. The fourth-order valence-electron chi connectivity index (χ4n) is 3.52. The molecule has 8 heteroatoms. The molecule has 1 saturated carbocycles. The van der Waals surface area contributed by atoms with E-state index in [4.69, 9.17) is 14.2 Å². The van der Waals surface area contributed by atoms with Crippen LogP contribution in [0.4, 0.5) is 0 Å². The van der Waals surface area contributed by atoms with Crippen LogP contribution in [0.5, 0.6) is 17.2 Å². The van der Waals surface area contributed by atoms with Gasteiger partial charge in [0.25, 0.3) is 5.91 Å². The first-order chi connectivity index (χ1) is 14.5. The molecule has 0 atom stereocenters. The van der Waals surface area contributed by atoms with Crippen molar-refractivity contribution in [1.82, 2.24) is 10.3 Å². The van der Waals surface area contributed by atoms with Gasteiger partial charge in [-0.25, -0.2) is 4.79 Å². The third kappa shape index (κ3) is 5.00. The van der Waals surface area contributed by atoms with E-state index in [0.29, 0.717) is 22.8 Å². The van der Waals surface area contributed by atoms with Gasteiger partial charge in [-0.15, -0.1) is 0 Å². The lowest BCUT2D eigenvalue weighted by molar-refractivity contribution is 0.0600. The second kappa shape index (κ2) is 9.96. The number of para-hydroxylation sites is 1. The standard InChI is InChI=1S/C22H26N2O6/c1-27-18-5-4-6-19(20(18)28-2)30-17-9-7-16(8-10-17)24-21(25)14-11-15(13-23-12-14)22(26)29-3/h4-6,11-13,16-17H,7-10H2,1-3H3,(H,24,25). The summed E-state index contributed by atoms with van der Waals surface area (Å²) in [6.07, 6.45) is 6.00. The Labute approximate surface area is 175 Å². The summed E-state index contributed by atoms with van der Waals surface area (Å²) in [5.74, 6) is 1.07. The van der Waals surface area contributed by atoms with Crippen molar-refractivity contribution in [2.24, 2.45) is 0 Å². The number of hydrogen-bond donors (Lipinski definition) is 1. The van der Waals surface area contributed by atoms with Gasteiger partial charge in [0, 0.05) is 18.4 Å². The van der Waals surface area contributed by atoms with E-state index in [1.807, 2.05) is 18.2 Å². The minimum absolute atomic E-state index is 0.0310. The molecule has 160 valence electrons. The highest BCUT2D eigenvalue weighted by Crippen LogP contribution is 2.38. The predicted octanol–water partition coefficient (Wildman–Crippen LogP) is 3.01. The van der Waals surface area contributed by atoms with Crippen molar-refractivity contribution in [1.29, 1.82) is 0 Å². The Bertz CT molecular complexity index is 893. The Balaban J connectivity index is 1.55. The molecule has 1 N–H and O–H groups in total. The van der Waals surface area contributed by atoms with Crippen LogP contribution in [0.2, 0.25) is 0 Å². The second-order valence-corrected chi connectivity index (χ2v) is 7.01. The second-order valence-electron chi connectivity index (χ2n) is 7.01. The molecule has 1 aromatic heterocycles. The molecule has 0 unspecified atom stereocenters. The maximum Gasteiger partial charge on any atom is 0.339 e. The lowest BCUT2D eigenvalue weighted by Gasteiger charge is -2.30. The van der Waals surface area contributed by atoms with E-state index in [9.17, 15) is 9.59 Å². The van der Waals surface area contributed by atoms with Crippen molar-refractivity contribution in [3.63, 3.8) is 0 Å². The van der Waals surface area contributed by atoms with E-state index in [1.165, 1.54) is 25.6 Å². The zero-order chi connectivity index (χ0) is 21.5. The zero-order valence-corrected chi connectivity index (χ0v) is 17.3. The van der Waals surface area contributed by atoms with Gasteiger partial charge in [-0.05, 0) is 43.9 Å². The highest BCUT2D eigenvalue weighted by Gasteiger charge is 2.25. The topological polar surface area (TPSA) is 96.0 Å². The first kappa shape index (κ1) is 21.4. The molecule has 1 heterocycles. The van der Waals surface area contributed by atoms with E-state index in [1.54, 1.807) is 14.2 Å². The van der Waals surface area contributed by atoms with Gasteiger partial charge in [-0.2, -0.15) is 0 Å². The van der Waals surface area contributed by atoms with Crippen LogP contribution in [0, 0.1) is 0 Å². The number of esters is 1. The van der Waals surface area contributed by atoms with Crippen molar-refractivity contribution in [3.05, 3.63) is 47.8 Å². The number of ether oxygens (including phenoxy) is 4. The number of methoxy groups -OCH3 is 3. The largest absolute Gasteiger partial charge is 0.493 e. The monoisotopic (exact) mass is 414 g/mol. The predicted molar refractivity (Wildman–Crippen MR) is 109 cm³/mol. The number of carbonyl (C=O) groups is 2. The van der Waals surface area contributed by atoms with Gasteiger partial charge in [0.1, 0.15) is 0 Å². The Kier molecular flexibility index (Phi) is 7.11. The molecule has 0 bridgehead atoms. The fraction of sp³-hybridized carbons (Fsp3) is 0.409. The van der Waals surface area contributed by atoms with Crippen molar-refractivity contribution < 1.29 is 28.5 Å². The van der Waals surface area contributed by atoms with Gasteiger partial charge in [0.2, 0.25) is 5.75 Å². The Morgan fingerprint density at radius 3 is 2.33 bits per heavy atom. The highest BCUT2D eigenvalue weighted by atomic mass is 16.5. The number of nitrogens with zero attached hydrogens (tertiary/aromatic N) is 1. The molecule has 30 heavy (non-hydrogen) atoms. The maximum absolute atomic E-state index is 12.5. The Hall–Kier alpha value is -3.29. The van der Waals surface area contributed by atoms with Crippen molar-refractivity contribution >= 4 is 11.9 Å². The number of nitrogens with one attached hydrogen (secondary N) is 1. The minimum Gasteiger partial charge on any atom is -0.493 e. The van der Waals surface area contributed by atoms with Crippen molar-refractivity contribution in [2.75, 3.05) is 21.3 Å². The smallest absolute Gasteiger partial charge is 0.339 e. The van der Waals surface area contributed by atoms with E-state index in [-0.39, 0.29) is 23.6 Å². The highest BCUT2D eigenvalue weighted by molar-refractivity contribution is 5.97. The van der Waals surface area contributed by atoms with Crippen LogP contribution in [0.15, 0.2) is 36.7 Å². The average Bonchev–Trinajstić information content (AvgIpc) is 2.79.